The van der Waals surface area contributed by atoms with E-state index in [4.69, 9.17) is 9.47 Å². The molecule has 1 heterocycles. The highest BCUT2D eigenvalue weighted by Gasteiger charge is 2.23. The largest absolute Gasteiger partial charge is 0.494 e. The first-order chi connectivity index (χ1) is 14.8. The monoisotopic (exact) mass is 405 g/mol. The summed E-state index contributed by atoms with van der Waals surface area (Å²) >= 11 is 0. The Kier molecular flexibility index (Phi) is 8.70. The Morgan fingerprint density at radius 1 is 0.867 bits per heavy atom. The first kappa shape index (κ1) is 21.8. The van der Waals surface area contributed by atoms with E-state index in [1.54, 1.807) is 6.08 Å². The summed E-state index contributed by atoms with van der Waals surface area (Å²) in [4.78, 5) is 16.4. The standard InChI is InChI=1S/C26H31NO3/c1-2-3-4-5-6-7-8-12-19-29-23-17-15-21(16-18-23)20-24-26(28)30-25(27-24)22-13-10-9-11-14-22/h9-11,13-18,20H,2-8,12,19H2,1H3/b24-20+. The fraction of sp³-hybridized carbons (Fsp3) is 0.385. The summed E-state index contributed by atoms with van der Waals surface area (Å²) in [6.45, 7) is 2.99. The number of benzene rings is 2. The minimum atomic E-state index is -0.427. The van der Waals surface area contributed by atoms with E-state index in [-0.39, 0.29) is 0 Å². The van der Waals surface area contributed by atoms with Gasteiger partial charge in [0.1, 0.15) is 5.75 Å². The lowest BCUT2D eigenvalue weighted by molar-refractivity contribution is -0.129. The highest BCUT2D eigenvalue weighted by atomic mass is 16.6. The second-order valence-corrected chi connectivity index (χ2v) is 7.59. The van der Waals surface area contributed by atoms with Crippen molar-refractivity contribution in [2.75, 3.05) is 6.61 Å². The third kappa shape index (κ3) is 6.87. The summed E-state index contributed by atoms with van der Waals surface area (Å²) in [5.74, 6) is 0.767. The summed E-state index contributed by atoms with van der Waals surface area (Å²) in [6, 6.07) is 17.1. The van der Waals surface area contributed by atoms with E-state index in [1.807, 2.05) is 54.6 Å². The number of nitrogens with zero attached hydrogens (tertiary/aromatic N) is 1. The molecule has 1 aliphatic rings. The first-order valence-electron chi connectivity index (χ1n) is 11.1. The molecule has 3 rings (SSSR count). The maximum atomic E-state index is 12.1. The molecule has 0 saturated heterocycles. The molecule has 0 spiro atoms. The van der Waals surface area contributed by atoms with Crippen molar-refractivity contribution in [2.24, 2.45) is 4.99 Å². The van der Waals surface area contributed by atoms with Crippen LogP contribution in [0.3, 0.4) is 0 Å². The van der Waals surface area contributed by atoms with Gasteiger partial charge in [-0.2, -0.15) is 0 Å². The van der Waals surface area contributed by atoms with Crippen molar-refractivity contribution in [3.8, 4) is 5.75 Å². The van der Waals surface area contributed by atoms with Gasteiger partial charge in [-0.1, -0.05) is 82.2 Å². The Morgan fingerprint density at radius 3 is 2.23 bits per heavy atom. The van der Waals surface area contributed by atoms with Gasteiger partial charge < -0.3 is 9.47 Å². The lowest BCUT2D eigenvalue weighted by Crippen LogP contribution is -2.04. The Morgan fingerprint density at radius 2 is 1.53 bits per heavy atom. The van der Waals surface area contributed by atoms with Gasteiger partial charge >= 0.3 is 5.97 Å². The van der Waals surface area contributed by atoms with Crippen LogP contribution in [0.4, 0.5) is 0 Å². The number of cyclic esters (lactones) is 1. The maximum absolute atomic E-state index is 12.1. The van der Waals surface area contributed by atoms with Gasteiger partial charge in [0.15, 0.2) is 5.70 Å². The van der Waals surface area contributed by atoms with Crippen molar-refractivity contribution >= 4 is 17.9 Å². The molecule has 0 N–H and O–H groups in total. The van der Waals surface area contributed by atoms with Crippen molar-refractivity contribution in [1.82, 2.24) is 0 Å². The summed E-state index contributed by atoms with van der Waals surface area (Å²) in [5, 5.41) is 0. The van der Waals surface area contributed by atoms with E-state index < -0.39 is 5.97 Å². The van der Waals surface area contributed by atoms with Crippen LogP contribution in [0.5, 0.6) is 5.75 Å². The van der Waals surface area contributed by atoms with Crippen LogP contribution in [0.1, 0.15) is 69.4 Å². The van der Waals surface area contributed by atoms with Gasteiger partial charge in [0, 0.05) is 5.56 Å². The molecular weight excluding hydrogens is 374 g/mol. The zero-order valence-corrected chi connectivity index (χ0v) is 17.8. The minimum absolute atomic E-state index is 0.307. The Hall–Kier alpha value is -2.88. The van der Waals surface area contributed by atoms with Gasteiger partial charge in [-0.25, -0.2) is 9.79 Å². The second-order valence-electron chi connectivity index (χ2n) is 7.59. The zero-order valence-electron chi connectivity index (χ0n) is 17.8. The molecule has 0 fully saturated rings. The molecule has 4 nitrogen and oxygen atoms in total. The van der Waals surface area contributed by atoms with Crippen LogP contribution in [0.15, 0.2) is 65.3 Å². The van der Waals surface area contributed by atoms with Crippen molar-refractivity contribution in [3.63, 3.8) is 0 Å². The third-order valence-electron chi connectivity index (χ3n) is 5.09. The van der Waals surface area contributed by atoms with Crippen LogP contribution >= 0.6 is 0 Å². The maximum Gasteiger partial charge on any atom is 0.363 e. The molecule has 0 unspecified atom stereocenters. The normalized spacial score (nSPS) is 14.6. The van der Waals surface area contributed by atoms with Gasteiger partial charge in [0.2, 0.25) is 5.90 Å². The zero-order chi connectivity index (χ0) is 21.0. The molecule has 2 aromatic carbocycles. The molecule has 1 aliphatic heterocycles. The summed E-state index contributed by atoms with van der Waals surface area (Å²) in [6.07, 6.45) is 12.1. The molecule has 4 heteroatoms. The number of rotatable bonds is 12. The van der Waals surface area contributed by atoms with Crippen molar-refractivity contribution in [1.29, 1.82) is 0 Å². The fourth-order valence-electron chi connectivity index (χ4n) is 3.36. The lowest BCUT2D eigenvalue weighted by Gasteiger charge is -2.06. The highest BCUT2D eigenvalue weighted by molar-refractivity contribution is 6.12. The van der Waals surface area contributed by atoms with Crippen LogP contribution < -0.4 is 4.74 Å². The number of hydrogen-bond acceptors (Lipinski definition) is 4. The van der Waals surface area contributed by atoms with Crippen LogP contribution in [0, 0.1) is 0 Å². The van der Waals surface area contributed by atoms with Crippen molar-refractivity contribution in [3.05, 3.63) is 71.4 Å². The van der Waals surface area contributed by atoms with Crippen LogP contribution in [0.2, 0.25) is 0 Å². The number of ether oxygens (including phenoxy) is 2. The van der Waals surface area contributed by atoms with Crippen LogP contribution in [-0.4, -0.2) is 18.5 Å². The second kappa shape index (κ2) is 12.0. The van der Waals surface area contributed by atoms with Crippen LogP contribution in [-0.2, 0) is 9.53 Å². The van der Waals surface area contributed by atoms with Crippen LogP contribution in [0.25, 0.3) is 6.08 Å². The Bertz CT molecular complexity index is 854. The summed E-state index contributed by atoms with van der Waals surface area (Å²) in [7, 11) is 0. The Labute approximate surface area is 179 Å². The summed E-state index contributed by atoms with van der Waals surface area (Å²) in [5.41, 5.74) is 1.99. The highest BCUT2D eigenvalue weighted by Crippen LogP contribution is 2.21. The molecule has 2 aromatic rings. The van der Waals surface area contributed by atoms with E-state index in [0.717, 1.165) is 29.9 Å². The number of aliphatic imine (C=N–C) groups is 1. The van der Waals surface area contributed by atoms with E-state index >= 15 is 0 Å². The smallest absolute Gasteiger partial charge is 0.363 e. The molecule has 158 valence electrons. The number of esters is 1. The van der Waals surface area contributed by atoms with E-state index in [2.05, 4.69) is 11.9 Å². The van der Waals surface area contributed by atoms with Crippen molar-refractivity contribution in [2.45, 2.75) is 58.3 Å². The first-order valence-corrected chi connectivity index (χ1v) is 11.1. The topological polar surface area (TPSA) is 47.9 Å². The van der Waals surface area contributed by atoms with Crippen molar-refractivity contribution < 1.29 is 14.3 Å². The van der Waals surface area contributed by atoms with Gasteiger partial charge in [-0.3, -0.25) is 0 Å². The molecule has 30 heavy (non-hydrogen) atoms. The van der Waals surface area contributed by atoms with Gasteiger partial charge in [0.05, 0.1) is 6.61 Å². The quantitative estimate of drug-likeness (QED) is 0.228. The lowest BCUT2D eigenvalue weighted by atomic mass is 10.1. The molecule has 0 amide bonds. The molecule has 0 saturated carbocycles. The van der Waals surface area contributed by atoms with E-state index in [9.17, 15) is 4.79 Å². The minimum Gasteiger partial charge on any atom is -0.494 e. The number of carbonyl (C=O) groups excluding carboxylic acids is 1. The predicted molar refractivity (Wildman–Crippen MR) is 122 cm³/mol. The third-order valence-corrected chi connectivity index (χ3v) is 5.09. The van der Waals surface area contributed by atoms with Gasteiger partial charge in [-0.15, -0.1) is 0 Å². The average molecular weight is 406 g/mol. The molecule has 0 bridgehead atoms. The Balaban J connectivity index is 1.43. The predicted octanol–water partition coefficient (Wildman–Crippen LogP) is 6.55. The number of carbonyl (C=O) groups is 1. The number of hydrogen-bond donors (Lipinski definition) is 0. The van der Waals surface area contributed by atoms with E-state index in [1.165, 1.54) is 44.9 Å². The van der Waals surface area contributed by atoms with E-state index in [0.29, 0.717) is 11.6 Å². The van der Waals surface area contributed by atoms with Gasteiger partial charge in [-0.05, 0) is 42.3 Å². The SMILES string of the molecule is CCCCCCCCCCOc1ccc(/C=C2/N=C(c3ccccc3)OC2=O)cc1. The fourth-order valence-corrected chi connectivity index (χ4v) is 3.36. The summed E-state index contributed by atoms with van der Waals surface area (Å²) < 4.78 is 11.1. The molecular formula is C26H31NO3. The number of unbranched alkanes of at least 4 members (excludes halogenated alkanes) is 7. The molecule has 0 radical (unpaired) electrons. The molecule has 0 aliphatic carbocycles. The molecule has 0 aromatic heterocycles. The molecule has 0 atom stereocenters. The van der Waals surface area contributed by atoms with Gasteiger partial charge in [0.25, 0.3) is 0 Å². The average Bonchev–Trinajstić information content (AvgIpc) is 3.14.